The molecule has 0 N–H and O–H groups in total. The van der Waals surface area contributed by atoms with Crippen LogP contribution < -0.4 is 0 Å². The quantitative estimate of drug-likeness (QED) is 0.773. The van der Waals surface area contributed by atoms with Crippen molar-refractivity contribution in [3.8, 4) is 0 Å². The first-order valence-corrected chi connectivity index (χ1v) is 6.88. The highest BCUT2D eigenvalue weighted by molar-refractivity contribution is 6.20. The molecule has 2 heterocycles. The van der Waals surface area contributed by atoms with Crippen molar-refractivity contribution in [2.75, 3.05) is 0 Å². The number of hydrogen-bond acceptors (Lipinski definition) is 2. The highest BCUT2D eigenvalue weighted by Crippen LogP contribution is 2.32. The second kappa shape index (κ2) is 4.88. The highest BCUT2D eigenvalue weighted by atomic mass is 35.5. The van der Waals surface area contributed by atoms with Crippen LogP contribution in [-0.4, -0.2) is 14.5 Å². The lowest BCUT2D eigenvalue weighted by Gasteiger charge is -2.29. The predicted molar refractivity (Wildman–Crippen MR) is 76.0 cm³/mol. The normalized spacial score (nSPS) is 14.1. The van der Waals surface area contributed by atoms with Crippen LogP contribution in [-0.2, 0) is 5.54 Å². The number of pyridine rings is 1. The van der Waals surface area contributed by atoms with Gasteiger partial charge in [0.1, 0.15) is 11.3 Å². The Morgan fingerprint density at radius 3 is 2.78 bits per heavy atom. The summed E-state index contributed by atoms with van der Waals surface area (Å²) in [6, 6.07) is 2.02. The van der Waals surface area contributed by atoms with E-state index in [1.807, 2.05) is 19.2 Å². The first kappa shape index (κ1) is 13.3. The number of imidazole rings is 1. The third kappa shape index (κ3) is 2.24. The van der Waals surface area contributed by atoms with Gasteiger partial charge in [0.2, 0.25) is 0 Å². The average molecular weight is 266 g/mol. The second-order valence-corrected chi connectivity index (χ2v) is 6.00. The third-order valence-electron chi connectivity index (χ3n) is 3.31. The molecule has 0 aromatic carbocycles. The fourth-order valence-corrected chi connectivity index (χ4v) is 2.72. The van der Waals surface area contributed by atoms with Crippen LogP contribution in [0, 0.1) is 0 Å². The number of alkyl halides is 1. The van der Waals surface area contributed by atoms with Crippen molar-refractivity contribution >= 4 is 22.6 Å². The van der Waals surface area contributed by atoms with Gasteiger partial charge in [0, 0.05) is 11.7 Å². The molecular weight excluding hydrogens is 246 g/mol. The van der Waals surface area contributed by atoms with Crippen LogP contribution in [0.5, 0.6) is 0 Å². The number of hydrogen-bond donors (Lipinski definition) is 0. The summed E-state index contributed by atoms with van der Waals surface area (Å²) < 4.78 is 2.27. The monoisotopic (exact) mass is 265 g/mol. The topological polar surface area (TPSA) is 30.7 Å². The van der Waals surface area contributed by atoms with Crippen LogP contribution in [0.3, 0.4) is 0 Å². The van der Waals surface area contributed by atoms with Crippen LogP contribution in [0.25, 0.3) is 11.0 Å². The molecule has 18 heavy (non-hydrogen) atoms. The number of rotatable bonds is 4. The van der Waals surface area contributed by atoms with Crippen LogP contribution in [0.15, 0.2) is 18.5 Å². The molecule has 0 aliphatic heterocycles. The smallest absolute Gasteiger partial charge is 0.128 e. The van der Waals surface area contributed by atoms with Crippen molar-refractivity contribution in [3.63, 3.8) is 0 Å². The standard InChI is InChI=1S/C14H20ClN3/c1-5-7-14(3,4)18-12-6-8-16-9-11(12)17-13(18)10(2)15/h6,8-10H,5,7H2,1-4H3. The first-order valence-electron chi connectivity index (χ1n) is 6.44. The number of halogens is 1. The zero-order valence-corrected chi connectivity index (χ0v) is 12.2. The summed E-state index contributed by atoms with van der Waals surface area (Å²) in [4.78, 5) is 8.77. The van der Waals surface area contributed by atoms with E-state index in [0.29, 0.717) is 0 Å². The van der Waals surface area contributed by atoms with Gasteiger partial charge in [-0.1, -0.05) is 13.3 Å². The maximum absolute atomic E-state index is 6.28. The molecule has 4 heteroatoms. The van der Waals surface area contributed by atoms with Crippen molar-refractivity contribution < 1.29 is 0 Å². The fraction of sp³-hybridized carbons (Fsp3) is 0.571. The molecule has 1 atom stereocenters. The van der Waals surface area contributed by atoms with Gasteiger partial charge < -0.3 is 4.57 Å². The first-order chi connectivity index (χ1) is 8.47. The van der Waals surface area contributed by atoms with Gasteiger partial charge in [-0.05, 0) is 33.3 Å². The minimum absolute atomic E-state index is 0.0172. The van der Waals surface area contributed by atoms with Gasteiger partial charge in [0.15, 0.2) is 0 Å². The molecule has 0 amide bonds. The molecule has 2 aromatic heterocycles. The SMILES string of the molecule is CCCC(C)(C)n1c(C(C)Cl)nc2cnccc21. The molecule has 98 valence electrons. The maximum Gasteiger partial charge on any atom is 0.128 e. The van der Waals surface area contributed by atoms with Crippen molar-refractivity contribution in [2.45, 2.75) is 51.5 Å². The Labute approximate surface area is 113 Å². The van der Waals surface area contributed by atoms with Crippen molar-refractivity contribution in [2.24, 2.45) is 0 Å². The molecule has 0 spiro atoms. The lowest BCUT2D eigenvalue weighted by Crippen LogP contribution is -2.28. The van der Waals surface area contributed by atoms with E-state index in [0.717, 1.165) is 29.7 Å². The Bertz CT molecular complexity index is 543. The predicted octanol–water partition coefficient (Wildman–Crippen LogP) is 4.27. The summed E-state index contributed by atoms with van der Waals surface area (Å²) in [7, 11) is 0. The molecule has 0 aliphatic rings. The van der Waals surface area contributed by atoms with Crippen molar-refractivity contribution in [1.82, 2.24) is 14.5 Å². The number of fused-ring (bicyclic) bond motifs is 1. The van der Waals surface area contributed by atoms with Crippen molar-refractivity contribution in [3.05, 3.63) is 24.3 Å². The fourth-order valence-electron chi connectivity index (χ4n) is 2.58. The molecule has 0 bridgehead atoms. The van der Waals surface area contributed by atoms with Gasteiger partial charge in [-0.2, -0.15) is 0 Å². The summed E-state index contributed by atoms with van der Waals surface area (Å²) in [5, 5.41) is -0.103. The molecule has 0 radical (unpaired) electrons. The van der Waals surface area contributed by atoms with Gasteiger partial charge in [0.25, 0.3) is 0 Å². The summed E-state index contributed by atoms with van der Waals surface area (Å²) in [5.74, 6) is 0.929. The number of nitrogens with zero attached hydrogens (tertiary/aromatic N) is 3. The number of aromatic nitrogens is 3. The van der Waals surface area contributed by atoms with E-state index in [4.69, 9.17) is 11.6 Å². The van der Waals surface area contributed by atoms with E-state index in [9.17, 15) is 0 Å². The second-order valence-electron chi connectivity index (χ2n) is 5.35. The van der Waals surface area contributed by atoms with Crippen molar-refractivity contribution in [1.29, 1.82) is 0 Å². The Morgan fingerprint density at radius 2 is 2.17 bits per heavy atom. The Morgan fingerprint density at radius 1 is 1.44 bits per heavy atom. The lowest BCUT2D eigenvalue weighted by atomic mass is 9.98. The molecule has 0 saturated carbocycles. The van der Waals surface area contributed by atoms with E-state index in [-0.39, 0.29) is 10.9 Å². The summed E-state index contributed by atoms with van der Waals surface area (Å²) in [6.45, 7) is 8.64. The largest absolute Gasteiger partial charge is 0.321 e. The Hall–Kier alpha value is -1.09. The summed E-state index contributed by atoms with van der Waals surface area (Å²) in [5.41, 5.74) is 2.05. The Balaban J connectivity index is 2.69. The van der Waals surface area contributed by atoms with Gasteiger partial charge >= 0.3 is 0 Å². The van der Waals surface area contributed by atoms with E-state index in [2.05, 4.69) is 35.3 Å². The lowest BCUT2D eigenvalue weighted by molar-refractivity contribution is 0.323. The minimum atomic E-state index is -0.103. The Kier molecular flexibility index (Phi) is 3.62. The average Bonchev–Trinajstić information content (AvgIpc) is 2.68. The summed E-state index contributed by atoms with van der Waals surface area (Å²) in [6.07, 6.45) is 5.84. The molecule has 2 rings (SSSR count). The molecule has 0 fully saturated rings. The van der Waals surface area contributed by atoms with E-state index < -0.39 is 0 Å². The molecule has 3 nitrogen and oxygen atoms in total. The van der Waals surface area contributed by atoms with E-state index in [1.165, 1.54) is 0 Å². The zero-order valence-electron chi connectivity index (χ0n) is 11.4. The molecule has 2 aromatic rings. The van der Waals surface area contributed by atoms with Gasteiger partial charge in [-0.25, -0.2) is 4.98 Å². The van der Waals surface area contributed by atoms with Crippen LogP contribution in [0.4, 0.5) is 0 Å². The molecule has 1 unspecified atom stereocenters. The van der Waals surface area contributed by atoms with Gasteiger partial charge in [0.05, 0.1) is 17.1 Å². The third-order valence-corrected chi connectivity index (χ3v) is 3.50. The zero-order chi connectivity index (χ0) is 13.3. The maximum atomic E-state index is 6.28. The van der Waals surface area contributed by atoms with E-state index in [1.54, 1.807) is 6.20 Å². The van der Waals surface area contributed by atoms with E-state index >= 15 is 0 Å². The molecular formula is C14H20ClN3. The molecule has 0 aliphatic carbocycles. The highest BCUT2D eigenvalue weighted by Gasteiger charge is 2.26. The van der Waals surface area contributed by atoms with Crippen LogP contribution in [0.1, 0.15) is 51.7 Å². The van der Waals surface area contributed by atoms with Gasteiger partial charge in [-0.3, -0.25) is 4.98 Å². The van der Waals surface area contributed by atoms with Crippen LogP contribution in [0.2, 0.25) is 0 Å². The van der Waals surface area contributed by atoms with Crippen LogP contribution >= 0.6 is 11.6 Å². The molecule has 0 saturated heterocycles. The van der Waals surface area contributed by atoms with Gasteiger partial charge in [-0.15, -0.1) is 11.6 Å². The summed E-state index contributed by atoms with van der Waals surface area (Å²) >= 11 is 6.28. The minimum Gasteiger partial charge on any atom is -0.321 e.